The molecule has 2 heterocycles. The summed E-state index contributed by atoms with van der Waals surface area (Å²) < 4.78 is 11.1. The smallest absolute Gasteiger partial charge is 0.287 e. The van der Waals surface area contributed by atoms with Crippen LogP contribution in [-0.2, 0) is 4.74 Å². The molecule has 4 nitrogen and oxygen atoms in total. The molecule has 0 radical (unpaired) electrons. The maximum atomic E-state index is 12.0. The molecule has 110 valence electrons. The molecule has 1 amide bonds. The number of benzene rings is 1. The maximum Gasteiger partial charge on any atom is 0.287 e. The van der Waals surface area contributed by atoms with Gasteiger partial charge < -0.3 is 14.5 Å². The van der Waals surface area contributed by atoms with Gasteiger partial charge in [-0.05, 0) is 31.0 Å². The average Bonchev–Trinajstić information content (AvgIpc) is 3.14. The lowest BCUT2D eigenvalue weighted by molar-refractivity contribution is 0.0832. The van der Waals surface area contributed by atoms with Crippen molar-refractivity contribution in [2.45, 2.75) is 19.4 Å². The Kier molecular flexibility index (Phi) is 4.06. The second-order valence-corrected chi connectivity index (χ2v) is 5.37. The molecular formula is C17H19NO3. The summed E-state index contributed by atoms with van der Waals surface area (Å²) in [6.45, 7) is 3.16. The molecule has 2 aromatic rings. The quantitative estimate of drug-likeness (QED) is 0.939. The fraction of sp³-hybridized carbons (Fsp3) is 0.353. The van der Waals surface area contributed by atoms with Crippen molar-refractivity contribution in [2.24, 2.45) is 5.92 Å². The molecule has 0 saturated carbocycles. The lowest BCUT2D eigenvalue weighted by Crippen LogP contribution is -2.30. The third-order valence-corrected chi connectivity index (χ3v) is 3.83. The van der Waals surface area contributed by atoms with E-state index in [0.29, 0.717) is 18.2 Å². The number of amides is 1. The predicted octanol–water partition coefficient (Wildman–Crippen LogP) is 3.10. The summed E-state index contributed by atoms with van der Waals surface area (Å²) in [7, 11) is 0. The molecule has 1 aliphatic rings. The minimum absolute atomic E-state index is 0.0600. The van der Waals surface area contributed by atoms with Crippen molar-refractivity contribution in [3.63, 3.8) is 0 Å². The monoisotopic (exact) mass is 285 g/mol. The molecule has 1 aliphatic heterocycles. The van der Waals surface area contributed by atoms with Crippen molar-refractivity contribution in [1.82, 2.24) is 5.32 Å². The van der Waals surface area contributed by atoms with E-state index in [1.54, 1.807) is 12.1 Å². The fourth-order valence-electron chi connectivity index (χ4n) is 2.72. The molecule has 1 fully saturated rings. The topological polar surface area (TPSA) is 51.5 Å². The highest BCUT2D eigenvalue weighted by molar-refractivity contribution is 5.91. The number of hydrogen-bond acceptors (Lipinski definition) is 3. The van der Waals surface area contributed by atoms with Crippen LogP contribution >= 0.6 is 0 Å². The Bertz CT molecular complexity index is 606. The van der Waals surface area contributed by atoms with Crippen LogP contribution in [0.25, 0.3) is 0 Å². The van der Waals surface area contributed by atoms with Gasteiger partial charge in [-0.1, -0.05) is 30.3 Å². The van der Waals surface area contributed by atoms with Crippen LogP contribution < -0.4 is 5.32 Å². The maximum absolute atomic E-state index is 12.0. The first-order chi connectivity index (χ1) is 10.2. The molecule has 2 atom stereocenters. The van der Waals surface area contributed by atoms with Gasteiger partial charge in [-0.25, -0.2) is 0 Å². The SMILES string of the molecule is Cc1ccc(C(=O)NC[C@H]2CCO[C@@H]2c2ccccc2)o1. The van der Waals surface area contributed by atoms with Gasteiger partial charge in [0.15, 0.2) is 5.76 Å². The zero-order chi connectivity index (χ0) is 14.7. The van der Waals surface area contributed by atoms with Crippen LogP contribution in [-0.4, -0.2) is 19.1 Å². The van der Waals surface area contributed by atoms with Crippen LogP contribution in [0.3, 0.4) is 0 Å². The first-order valence-electron chi connectivity index (χ1n) is 7.25. The number of carbonyl (C=O) groups excluding carboxylic acids is 1. The Hall–Kier alpha value is -2.07. The zero-order valence-corrected chi connectivity index (χ0v) is 12.0. The molecule has 21 heavy (non-hydrogen) atoms. The zero-order valence-electron chi connectivity index (χ0n) is 12.0. The van der Waals surface area contributed by atoms with E-state index in [1.807, 2.05) is 25.1 Å². The van der Waals surface area contributed by atoms with Crippen LogP contribution in [0.2, 0.25) is 0 Å². The van der Waals surface area contributed by atoms with Crippen LogP contribution in [0.1, 0.15) is 34.4 Å². The molecule has 0 spiro atoms. The van der Waals surface area contributed by atoms with Crippen LogP contribution in [0.4, 0.5) is 0 Å². The van der Waals surface area contributed by atoms with E-state index in [1.165, 1.54) is 5.56 Å². The van der Waals surface area contributed by atoms with Gasteiger partial charge in [0, 0.05) is 19.1 Å². The fourth-order valence-corrected chi connectivity index (χ4v) is 2.72. The minimum Gasteiger partial charge on any atom is -0.456 e. The van der Waals surface area contributed by atoms with E-state index in [4.69, 9.17) is 9.15 Å². The Morgan fingerprint density at radius 2 is 2.05 bits per heavy atom. The minimum atomic E-state index is -0.165. The van der Waals surface area contributed by atoms with Crippen LogP contribution in [0.5, 0.6) is 0 Å². The van der Waals surface area contributed by atoms with Gasteiger partial charge in [0.2, 0.25) is 0 Å². The van der Waals surface area contributed by atoms with Gasteiger partial charge >= 0.3 is 0 Å². The predicted molar refractivity (Wildman–Crippen MR) is 79.0 cm³/mol. The third-order valence-electron chi connectivity index (χ3n) is 3.83. The van der Waals surface area contributed by atoms with Crippen molar-refractivity contribution in [3.8, 4) is 0 Å². The standard InChI is InChI=1S/C17H19NO3/c1-12-7-8-15(21-12)17(19)18-11-14-9-10-20-16(14)13-5-3-2-4-6-13/h2-8,14,16H,9-11H2,1H3,(H,18,19)/t14-,16-/m1/s1. The molecule has 0 aliphatic carbocycles. The number of aryl methyl sites for hydroxylation is 1. The van der Waals surface area contributed by atoms with Gasteiger partial charge in [-0.15, -0.1) is 0 Å². The van der Waals surface area contributed by atoms with Crippen LogP contribution in [0.15, 0.2) is 46.9 Å². The Morgan fingerprint density at radius 1 is 1.24 bits per heavy atom. The van der Waals surface area contributed by atoms with E-state index in [0.717, 1.165) is 18.8 Å². The largest absolute Gasteiger partial charge is 0.456 e. The van der Waals surface area contributed by atoms with Gasteiger partial charge in [0.1, 0.15) is 5.76 Å². The lowest BCUT2D eigenvalue weighted by atomic mass is 9.95. The summed E-state index contributed by atoms with van der Waals surface area (Å²) in [6, 6.07) is 13.7. The summed E-state index contributed by atoms with van der Waals surface area (Å²) in [6.07, 6.45) is 1.02. The Morgan fingerprint density at radius 3 is 2.76 bits per heavy atom. The Labute approximate surface area is 124 Å². The van der Waals surface area contributed by atoms with E-state index in [9.17, 15) is 4.79 Å². The first kappa shape index (κ1) is 13.9. The number of carbonyl (C=O) groups is 1. The van der Waals surface area contributed by atoms with E-state index >= 15 is 0 Å². The molecule has 4 heteroatoms. The summed E-state index contributed by atoms with van der Waals surface area (Å²) in [5.41, 5.74) is 1.17. The first-order valence-corrected chi connectivity index (χ1v) is 7.25. The number of nitrogens with one attached hydrogen (secondary N) is 1. The number of ether oxygens (including phenoxy) is 1. The van der Waals surface area contributed by atoms with Gasteiger partial charge in [0.05, 0.1) is 6.10 Å². The van der Waals surface area contributed by atoms with E-state index in [2.05, 4.69) is 17.4 Å². The average molecular weight is 285 g/mol. The number of rotatable bonds is 4. The molecule has 1 aromatic heterocycles. The van der Waals surface area contributed by atoms with Crippen molar-refractivity contribution in [1.29, 1.82) is 0 Å². The molecule has 0 unspecified atom stereocenters. The van der Waals surface area contributed by atoms with E-state index < -0.39 is 0 Å². The molecule has 0 bridgehead atoms. The van der Waals surface area contributed by atoms with Crippen molar-refractivity contribution < 1.29 is 13.9 Å². The second kappa shape index (κ2) is 6.14. The van der Waals surface area contributed by atoms with Crippen molar-refractivity contribution in [3.05, 3.63) is 59.5 Å². The number of furan rings is 1. The highest BCUT2D eigenvalue weighted by atomic mass is 16.5. The summed E-state index contributed by atoms with van der Waals surface area (Å²) in [4.78, 5) is 12.0. The highest BCUT2D eigenvalue weighted by Gasteiger charge is 2.30. The van der Waals surface area contributed by atoms with E-state index in [-0.39, 0.29) is 12.0 Å². The number of hydrogen-bond donors (Lipinski definition) is 1. The van der Waals surface area contributed by atoms with Gasteiger partial charge in [-0.3, -0.25) is 4.79 Å². The highest BCUT2D eigenvalue weighted by Crippen LogP contribution is 2.33. The molecule has 1 aromatic carbocycles. The van der Waals surface area contributed by atoms with Crippen molar-refractivity contribution in [2.75, 3.05) is 13.2 Å². The molecule has 1 saturated heterocycles. The summed E-state index contributed by atoms with van der Waals surface area (Å²) >= 11 is 0. The molecular weight excluding hydrogens is 266 g/mol. The summed E-state index contributed by atoms with van der Waals surface area (Å²) in [5.74, 6) is 1.24. The van der Waals surface area contributed by atoms with Crippen LogP contribution in [0, 0.1) is 12.8 Å². The second-order valence-electron chi connectivity index (χ2n) is 5.37. The lowest BCUT2D eigenvalue weighted by Gasteiger charge is -2.19. The van der Waals surface area contributed by atoms with Crippen molar-refractivity contribution >= 4 is 5.91 Å². The van der Waals surface area contributed by atoms with Gasteiger partial charge in [-0.2, -0.15) is 0 Å². The Balaban J connectivity index is 1.61. The summed E-state index contributed by atoms with van der Waals surface area (Å²) in [5, 5.41) is 2.94. The normalized spacial score (nSPS) is 21.4. The third kappa shape index (κ3) is 3.16. The van der Waals surface area contributed by atoms with Gasteiger partial charge in [0.25, 0.3) is 5.91 Å². The molecule has 1 N–H and O–H groups in total. The molecule has 3 rings (SSSR count).